The van der Waals surface area contributed by atoms with Crippen molar-refractivity contribution in [2.45, 2.75) is 19.8 Å². The van der Waals surface area contributed by atoms with Crippen molar-refractivity contribution in [1.82, 2.24) is 5.43 Å². The molecule has 1 aromatic rings. The summed E-state index contributed by atoms with van der Waals surface area (Å²) in [5, 5.41) is 0.717. The van der Waals surface area contributed by atoms with Gasteiger partial charge in [-0.25, -0.2) is 5.84 Å². The van der Waals surface area contributed by atoms with Crippen LogP contribution in [-0.2, 0) is 4.79 Å². The predicted molar refractivity (Wildman–Crippen MR) is 63.2 cm³/mol. The molecule has 1 rings (SSSR count). The fraction of sp³-hybridized carbons (Fsp3) is 0.364. The first-order valence-electron chi connectivity index (χ1n) is 5.02. The second-order valence-corrected chi connectivity index (χ2v) is 3.84. The lowest BCUT2D eigenvalue weighted by atomic mass is 10.2. The SMILES string of the molecule is Cc1cc(OCCCC(=O)NN)ccc1Cl. The molecule has 0 aliphatic carbocycles. The van der Waals surface area contributed by atoms with Crippen LogP contribution in [0.25, 0.3) is 0 Å². The highest BCUT2D eigenvalue weighted by Crippen LogP contribution is 2.21. The summed E-state index contributed by atoms with van der Waals surface area (Å²) in [7, 11) is 0. The quantitative estimate of drug-likeness (QED) is 0.358. The topological polar surface area (TPSA) is 64.3 Å². The molecule has 0 aliphatic rings. The van der Waals surface area contributed by atoms with Crippen LogP contribution in [-0.4, -0.2) is 12.5 Å². The number of nitrogens with one attached hydrogen (secondary N) is 1. The van der Waals surface area contributed by atoms with Gasteiger partial charge in [-0.15, -0.1) is 0 Å². The molecular formula is C11H15ClN2O2. The van der Waals surface area contributed by atoms with E-state index in [9.17, 15) is 4.79 Å². The van der Waals surface area contributed by atoms with Crippen molar-refractivity contribution in [2.75, 3.05) is 6.61 Å². The second-order valence-electron chi connectivity index (χ2n) is 3.43. The van der Waals surface area contributed by atoms with Crippen molar-refractivity contribution in [2.24, 2.45) is 5.84 Å². The fourth-order valence-electron chi connectivity index (χ4n) is 1.20. The number of rotatable bonds is 5. The number of aryl methyl sites for hydroxylation is 1. The van der Waals surface area contributed by atoms with E-state index in [0.29, 0.717) is 19.4 Å². The molecule has 0 atom stereocenters. The molecule has 1 amide bonds. The molecular weight excluding hydrogens is 228 g/mol. The van der Waals surface area contributed by atoms with Gasteiger partial charge in [0, 0.05) is 11.4 Å². The van der Waals surface area contributed by atoms with Gasteiger partial charge in [-0.2, -0.15) is 0 Å². The van der Waals surface area contributed by atoms with E-state index in [1.165, 1.54) is 0 Å². The Hall–Kier alpha value is -1.26. The summed E-state index contributed by atoms with van der Waals surface area (Å²) in [4.78, 5) is 10.8. The molecule has 88 valence electrons. The Bertz CT molecular complexity index is 369. The Morgan fingerprint density at radius 2 is 2.31 bits per heavy atom. The minimum Gasteiger partial charge on any atom is -0.494 e. The molecule has 5 heteroatoms. The van der Waals surface area contributed by atoms with Gasteiger partial charge < -0.3 is 4.74 Å². The van der Waals surface area contributed by atoms with Crippen molar-refractivity contribution in [1.29, 1.82) is 0 Å². The number of halogens is 1. The third-order valence-corrected chi connectivity index (χ3v) is 2.53. The van der Waals surface area contributed by atoms with Gasteiger partial charge in [0.2, 0.25) is 5.91 Å². The normalized spacial score (nSPS) is 9.94. The zero-order valence-electron chi connectivity index (χ0n) is 9.13. The molecule has 0 aromatic heterocycles. The van der Waals surface area contributed by atoms with Gasteiger partial charge in [0.05, 0.1) is 6.61 Å². The minimum atomic E-state index is -0.184. The maximum atomic E-state index is 10.8. The van der Waals surface area contributed by atoms with Gasteiger partial charge in [0.1, 0.15) is 5.75 Å². The summed E-state index contributed by atoms with van der Waals surface area (Å²) in [5.41, 5.74) is 3.04. The largest absolute Gasteiger partial charge is 0.494 e. The van der Waals surface area contributed by atoms with Crippen molar-refractivity contribution < 1.29 is 9.53 Å². The molecule has 0 saturated carbocycles. The highest BCUT2D eigenvalue weighted by atomic mass is 35.5. The number of benzene rings is 1. The van der Waals surface area contributed by atoms with Crippen molar-refractivity contribution in [3.05, 3.63) is 28.8 Å². The fourth-order valence-corrected chi connectivity index (χ4v) is 1.32. The first-order valence-corrected chi connectivity index (χ1v) is 5.39. The lowest BCUT2D eigenvalue weighted by Gasteiger charge is -2.07. The number of carbonyl (C=O) groups excluding carboxylic acids is 1. The molecule has 16 heavy (non-hydrogen) atoms. The van der Waals surface area contributed by atoms with Crippen LogP contribution in [0.15, 0.2) is 18.2 Å². The van der Waals surface area contributed by atoms with Gasteiger partial charge in [-0.1, -0.05) is 11.6 Å². The molecule has 0 aliphatic heterocycles. The summed E-state index contributed by atoms with van der Waals surface area (Å²) >= 11 is 5.88. The van der Waals surface area contributed by atoms with Crippen molar-refractivity contribution in [3.63, 3.8) is 0 Å². The Morgan fingerprint density at radius 3 is 2.94 bits per heavy atom. The average Bonchev–Trinajstić information content (AvgIpc) is 2.28. The van der Waals surface area contributed by atoms with Crippen LogP contribution in [0.3, 0.4) is 0 Å². The molecule has 0 unspecified atom stereocenters. The maximum absolute atomic E-state index is 10.8. The Balaban J connectivity index is 2.32. The standard InChI is InChI=1S/C11H15ClN2O2/c1-8-7-9(4-5-10(8)12)16-6-2-3-11(15)14-13/h4-5,7H,2-3,6,13H2,1H3,(H,14,15). The van der Waals surface area contributed by atoms with E-state index >= 15 is 0 Å². The molecule has 0 spiro atoms. The highest BCUT2D eigenvalue weighted by molar-refractivity contribution is 6.31. The molecule has 1 aromatic carbocycles. The van der Waals surface area contributed by atoms with Crippen LogP contribution in [0.2, 0.25) is 5.02 Å². The number of carbonyl (C=O) groups is 1. The van der Waals surface area contributed by atoms with E-state index < -0.39 is 0 Å². The van der Waals surface area contributed by atoms with E-state index in [1.54, 1.807) is 12.1 Å². The summed E-state index contributed by atoms with van der Waals surface area (Å²) < 4.78 is 5.46. The van der Waals surface area contributed by atoms with Gasteiger partial charge in [-0.3, -0.25) is 10.2 Å². The van der Waals surface area contributed by atoms with E-state index in [1.807, 2.05) is 13.0 Å². The summed E-state index contributed by atoms with van der Waals surface area (Å²) in [6, 6.07) is 5.46. The Kier molecular flexibility index (Phi) is 5.08. The second kappa shape index (κ2) is 6.35. The number of hydrogen-bond donors (Lipinski definition) is 2. The van der Waals surface area contributed by atoms with Crippen LogP contribution in [0.1, 0.15) is 18.4 Å². The molecule has 3 N–H and O–H groups in total. The first kappa shape index (κ1) is 12.8. The number of ether oxygens (including phenoxy) is 1. The van der Waals surface area contributed by atoms with Gasteiger partial charge in [0.15, 0.2) is 0 Å². The number of nitrogens with two attached hydrogens (primary N) is 1. The summed E-state index contributed by atoms with van der Waals surface area (Å²) in [5.74, 6) is 5.52. The average molecular weight is 243 g/mol. The van der Waals surface area contributed by atoms with Crippen LogP contribution in [0, 0.1) is 6.92 Å². The van der Waals surface area contributed by atoms with E-state index in [2.05, 4.69) is 5.43 Å². The van der Waals surface area contributed by atoms with E-state index in [-0.39, 0.29) is 5.91 Å². The molecule has 0 bridgehead atoms. The predicted octanol–water partition coefficient (Wildman–Crippen LogP) is 1.80. The van der Waals surface area contributed by atoms with Gasteiger partial charge >= 0.3 is 0 Å². The maximum Gasteiger partial charge on any atom is 0.234 e. The lowest BCUT2D eigenvalue weighted by molar-refractivity contribution is -0.121. The minimum absolute atomic E-state index is 0.184. The van der Waals surface area contributed by atoms with E-state index in [0.717, 1.165) is 16.3 Å². The van der Waals surface area contributed by atoms with Gasteiger partial charge in [-0.05, 0) is 37.1 Å². The van der Waals surface area contributed by atoms with Crippen LogP contribution < -0.4 is 16.0 Å². The zero-order chi connectivity index (χ0) is 12.0. The van der Waals surface area contributed by atoms with Crippen molar-refractivity contribution in [3.8, 4) is 5.75 Å². The Labute approximate surface area is 99.7 Å². The number of hydrazine groups is 1. The smallest absolute Gasteiger partial charge is 0.234 e. The molecule has 0 radical (unpaired) electrons. The molecule has 0 saturated heterocycles. The van der Waals surface area contributed by atoms with Crippen LogP contribution in [0.5, 0.6) is 5.75 Å². The molecule has 0 heterocycles. The molecule has 4 nitrogen and oxygen atoms in total. The highest BCUT2D eigenvalue weighted by Gasteiger charge is 2.00. The van der Waals surface area contributed by atoms with Gasteiger partial charge in [0.25, 0.3) is 0 Å². The zero-order valence-corrected chi connectivity index (χ0v) is 9.88. The van der Waals surface area contributed by atoms with Crippen LogP contribution in [0.4, 0.5) is 0 Å². The van der Waals surface area contributed by atoms with Crippen LogP contribution >= 0.6 is 11.6 Å². The van der Waals surface area contributed by atoms with E-state index in [4.69, 9.17) is 22.2 Å². The monoisotopic (exact) mass is 242 g/mol. The summed E-state index contributed by atoms with van der Waals surface area (Å²) in [6.07, 6.45) is 0.994. The number of amides is 1. The summed E-state index contributed by atoms with van der Waals surface area (Å²) in [6.45, 7) is 2.39. The number of hydrogen-bond acceptors (Lipinski definition) is 3. The lowest BCUT2D eigenvalue weighted by Crippen LogP contribution is -2.29. The third-order valence-electron chi connectivity index (χ3n) is 2.11. The molecule has 0 fully saturated rings. The Morgan fingerprint density at radius 1 is 1.56 bits per heavy atom. The van der Waals surface area contributed by atoms with Crippen molar-refractivity contribution >= 4 is 17.5 Å². The third kappa shape index (κ3) is 4.08. The first-order chi connectivity index (χ1) is 7.63.